The second-order valence-electron chi connectivity index (χ2n) is 5.56. The molecule has 24 heavy (non-hydrogen) atoms. The lowest BCUT2D eigenvalue weighted by molar-refractivity contribution is 0.0773. The highest BCUT2D eigenvalue weighted by Gasteiger charge is 2.14. The van der Waals surface area contributed by atoms with Crippen LogP contribution in [0.25, 0.3) is 0 Å². The summed E-state index contributed by atoms with van der Waals surface area (Å²) in [6, 6.07) is 14.6. The van der Waals surface area contributed by atoms with Crippen molar-refractivity contribution in [2.24, 2.45) is 0 Å². The van der Waals surface area contributed by atoms with Gasteiger partial charge in [-0.05, 0) is 56.2 Å². The van der Waals surface area contributed by atoms with Gasteiger partial charge in [0, 0.05) is 29.9 Å². The lowest BCUT2D eigenvalue weighted by atomic mass is 10.1. The van der Waals surface area contributed by atoms with E-state index < -0.39 is 0 Å². The number of aryl methyl sites for hydroxylation is 1. The fraction of sp³-hybridized carbons (Fsp3) is 0.300. The molecule has 4 heteroatoms. The summed E-state index contributed by atoms with van der Waals surface area (Å²) in [5.41, 5.74) is 2.98. The minimum atomic E-state index is -0.214. The van der Waals surface area contributed by atoms with Gasteiger partial charge in [0.05, 0.1) is 0 Å². The van der Waals surface area contributed by atoms with E-state index in [1.54, 1.807) is 29.2 Å². The minimum Gasteiger partial charge on any atom is -0.339 e. The third-order valence-electron chi connectivity index (χ3n) is 4.04. The van der Waals surface area contributed by atoms with E-state index in [2.05, 4.69) is 12.2 Å². The van der Waals surface area contributed by atoms with Gasteiger partial charge in [-0.15, -0.1) is 0 Å². The van der Waals surface area contributed by atoms with Crippen LogP contribution >= 0.6 is 0 Å². The molecule has 1 N–H and O–H groups in total. The number of amides is 2. The molecule has 0 aliphatic heterocycles. The number of hydrogen-bond donors (Lipinski definition) is 1. The molecule has 0 unspecified atom stereocenters. The Kier molecular flexibility index (Phi) is 6.13. The Hall–Kier alpha value is -2.62. The summed E-state index contributed by atoms with van der Waals surface area (Å²) < 4.78 is 0. The van der Waals surface area contributed by atoms with Crippen molar-refractivity contribution in [1.82, 2.24) is 4.90 Å². The molecule has 0 saturated carbocycles. The Bertz CT molecular complexity index is 704. The monoisotopic (exact) mass is 324 g/mol. The molecule has 2 aromatic rings. The summed E-state index contributed by atoms with van der Waals surface area (Å²) >= 11 is 0. The van der Waals surface area contributed by atoms with E-state index in [1.165, 1.54) is 5.56 Å². The predicted molar refractivity (Wildman–Crippen MR) is 97.5 cm³/mol. The number of carbonyl (C=O) groups is 2. The summed E-state index contributed by atoms with van der Waals surface area (Å²) in [6.45, 7) is 7.27. The number of carbonyl (C=O) groups excluding carboxylic acids is 2. The molecule has 0 saturated heterocycles. The maximum Gasteiger partial charge on any atom is 0.255 e. The van der Waals surface area contributed by atoms with E-state index in [4.69, 9.17) is 0 Å². The van der Waals surface area contributed by atoms with E-state index in [1.807, 2.05) is 38.1 Å². The standard InChI is InChI=1S/C20H24N2O2/c1-4-15-10-12-18(13-11-15)21-19(23)16-8-7-9-17(14-16)20(24)22(5-2)6-3/h7-14H,4-6H2,1-3H3,(H,21,23). The van der Waals surface area contributed by atoms with Gasteiger partial charge in [-0.1, -0.05) is 25.1 Å². The quantitative estimate of drug-likeness (QED) is 0.873. The molecule has 2 rings (SSSR count). The number of anilines is 1. The van der Waals surface area contributed by atoms with Gasteiger partial charge < -0.3 is 10.2 Å². The largest absolute Gasteiger partial charge is 0.339 e. The van der Waals surface area contributed by atoms with E-state index >= 15 is 0 Å². The molecule has 2 amide bonds. The molecule has 0 aliphatic rings. The molecule has 0 aliphatic carbocycles. The zero-order valence-corrected chi connectivity index (χ0v) is 14.5. The Morgan fingerprint density at radius 1 is 0.917 bits per heavy atom. The van der Waals surface area contributed by atoms with Crippen LogP contribution in [0.2, 0.25) is 0 Å². The van der Waals surface area contributed by atoms with Gasteiger partial charge in [0.15, 0.2) is 0 Å². The zero-order chi connectivity index (χ0) is 17.5. The van der Waals surface area contributed by atoms with Crippen molar-refractivity contribution in [2.45, 2.75) is 27.2 Å². The number of nitrogens with one attached hydrogen (secondary N) is 1. The van der Waals surface area contributed by atoms with Crippen molar-refractivity contribution in [3.8, 4) is 0 Å². The van der Waals surface area contributed by atoms with Crippen molar-refractivity contribution in [3.05, 3.63) is 65.2 Å². The summed E-state index contributed by atoms with van der Waals surface area (Å²) in [5.74, 6) is -0.268. The van der Waals surface area contributed by atoms with E-state index in [0.29, 0.717) is 24.2 Å². The molecule has 0 atom stereocenters. The fourth-order valence-electron chi connectivity index (χ4n) is 2.51. The van der Waals surface area contributed by atoms with Crippen molar-refractivity contribution in [2.75, 3.05) is 18.4 Å². The molecule has 0 bridgehead atoms. The third kappa shape index (κ3) is 4.22. The average Bonchev–Trinajstić information content (AvgIpc) is 2.63. The molecule has 4 nitrogen and oxygen atoms in total. The fourth-order valence-corrected chi connectivity index (χ4v) is 2.51. The highest BCUT2D eigenvalue weighted by molar-refractivity contribution is 6.06. The normalized spacial score (nSPS) is 10.3. The van der Waals surface area contributed by atoms with E-state index in [-0.39, 0.29) is 11.8 Å². The summed E-state index contributed by atoms with van der Waals surface area (Å²) in [7, 11) is 0. The van der Waals surface area contributed by atoms with Crippen LogP contribution in [0, 0.1) is 0 Å². The van der Waals surface area contributed by atoms with Crippen molar-refractivity contribution in [3.63, 3.8) is 0 Å². The molecule has 0 aromatic heterocycles. The van der Waals surface area contributed by atoms with Gasteiger partial charge in [0.1, 0.15) is 0 Å². The van der Waals surface area contributed by atoms with Gasteiger partial charge in [-0.2, -0.15) is 0 Å². The molecule has 126 valence electrons. The van der Waals surface area contributed by atoms with Crippen LogP contribution in [-0.2, 0) is 6.42 Å². The van der Waals surface area contributed by atoms with Crippen LogP contribution < -0.4 is 5.32 Å². The minimum absolute atomic E-state index is 0.0538. The second kappa shape index (κ2) is 8.29. The van der Waals surface area contributed by atoms with Crippen molar-refractivity contribution in [1.29, 1.82) is 0 Å². The van der Waals surface area contributed by atoms with Crippen LogP contribution in [-0.4, -0.2) is 29.8 Å². The Morgan fingerprint density at radius 3 is 2.12 bits per heavy atom. The van der Waals surface area contributed by atoms with Gasteiger partial charge >= 0.3 is 0 Å². The number of rotatable bonds is 6. The average molecular weight is 324 g/mol. The van der Waals surface area contributed by atoms with Gasteiger partial charge in [-0.25, -0.2) is 0 Å². The van der Waals surface area contributed by atoms with Crippen molar-refractivity contribution >= 4 is 17.5 Å². The molecule has 0 fully saturated rings. The maximum atomic E-state index is 12.4. The number of benzene rings is 2. The van der Waals surface area contributed by atoms with Gasteiger partial charge in [0.2, 0.25) is 0 Å². The van der Waals surface area contributed by atoms with Crippen LogP contribution in [0.5, 0.6) is 0 Å². The maximum absolute atomic E-state index is 12.4. The molecule has 0 heterocycles. The first-order valence-corrected chi connectivity index (χ1v) is 8.38. The third-order valence-corrected chi connectivity index (χ3v) is 4.04. The van der Waals surface area contributed by atoms with Crippen LogP contribution in [0.1, 0.15) is 47.1 Å². The smallest absolute Gasteiger partial charge is 0.255 e. The first-order chi connectivity index (χ1) is 11.6. The summed E-state index contributed by atoms with van der Waals surface area (Å²) in [5, 5.41) is 2.87. The van der Waals surface area contributed by atoms with Crippen LogP contribution in [0.4, 0.5) is 5.69 Å². The molecular weight excluding hydrogens is 300 g/mol. The molecule has 0 radical (unpaired) electrons. The van der Waals surface area contributed by atoms with Gasteiger partial charge in [0.25, 0.3) is 11.8 Å². The predicted octanol–water partition coefficient (Wildman–Crippen LogP) is 3.98. The summed E-state index contributed by atoms with van der Waals surface area (Å²) in [6.07, 6.45) is 0.962. The lowest BCUT2D eigenvalue weighted by Crippen LogP contribution is -2.30. The molecule has 2 aromatic carbocycles. The topological polar surface area (TPSA) is 49.4 Å². The first-order valence-electron chi connectivity index (χ1n) is 8.38. The highest BCUT2D eigenvalue weighted by Crippen LogP contribution is 2.14. The van der Waals surface area contributed by atoms with Crippen LogP contribution in [0.3, 0.4) is 0 Å². The van der Waals surface area contributed by atoms with E-state index in [9.17, 15) is 9.59 Å². The van der Waals surface area contributed by atoms with Crippen LogP contribution in [0.15, 0.2) is 48.5 Å². The lowest BCUT2D eigenvalue weighted by Gasteiger charge is -2.18. The number of nitrogens with zero attached hydrogens (tertiary/aromatic N) is 1. The van der Waals surface area contributed by atoms with Crippen molar-refractivity contribution < 1.29 is 9.59 Å². The Labute approximate surface area is 143 Å². The number of hydrogen-bond acceptors (Lipinski definition) is 2. The SMILES string of the molecule is CCc1ccc(NC(=O)c2cccc(C(=O)N(CC)CC)c2)cc1. The highest BCUT2D eigenvalue weighted by atomic mass is 16.2. The zero-order valence-electron chi connectivity index (χ0n) is 14.5. The first kappa shape index (κ1) is 17.7. The Morgan fingerprint density at radius 2 is 1.54 bits per heavy atom. The second-order valence-corrected chi connectivity index (χ2v) is 5.56. The summed E-state index contributed by atoms with van der Waals surface area (Å²) in [4.78, 5) is 26.6. The molecular formula is C20H24N2O2. The van der Waals surface area contributed by atoms with E-state index in [0.717, 1.165) is 12.1 Å². The molecule has 0 spiro atoms. The van der Waals surface area contributed by atoms with Gasteiger partial charge in [-0.3, -0.25) is 9.59 Å². The Balaban J connectivity index is 2.14.